The van der Waals surface area contributed by atoms with Crippen molar-refractivity contribution in [3.8, 4) is 0 Å². The first-order chi connectivity index (χ1) is 12.6. The van der Waals surface area contributed by atoms with Gasteiger partial charge in [-0.25, -0.2) is 0 Å². The maximum atomic E-state index is 13.1. The molecule has 3 rings (SSSR count). The molecule has 27 heavy (non-hydrogen) atoms. The van der Waals surface area contributed by atoms with Crippen LogP contribution in [0.5, 0.6) is 0 Å². The van der Waals surface area contributed by atoms with E-state index in [2.05, 4.69) is 5.32 Å². The van der Waals surface area contributed by atoms with Crippen molar-refractivity contribution in [1.29, 1.82) is 0 Å². The number of β-amino-alcohol motifs (C(OH)–C–C–N with tert-alkyl or cyclic N) is 1. The number of rotatable bonds is 3. The molecule has 6 nitrogen and oxygen atoms in total. The average Bonchev–Trinajstić information content (AvgIpc) is 2.61. The van der Waals surface area contributed by atoms with E-state index >= 15 is 0 Å². The number of aliphatic hydroxyl groups excluding tert-OH is 1. The topological polar surface area (TPSA) is 72.9 Å². The lowest BCUT2D eigenvalue weighted by Crippen LogP contribution is -2.59. The summed E-state index contributed by atoms with van der Waals surface area (Å²) in [7, 11) is 1.75. The third-order valence-corrected chi connectivity index (χ3v) is 5.96. The number of likely N-dealkylation sites (tertiary alicyclic amines) is 2. The summed E-state index contributed by atoms with van der Waals surface area (Å²) in [5.41, 5.74) is 0.847. The molecule has 148 valence electrons. The van der Waals surface area contributed by atoms with Crippen LogP contribution >= 0.6 is 0 Å². The number of likely N-dealkylation sites (N-methyl/N-ethyl adjacent to an activating group) is 1. The van der Waals surface area contributed by atoms with Crippen LogP contribution in [0.4, 0.5) is 5.69 Å². The largest absolute Gasteiger partial charge is 0.391 e. The van der Waals surface area contributed by atoms with Crippen LogP contribution in [0.1, 0.15) is 38.7 Å². The summed E-state index contributed by atoms with van der Waals surface area (Å²) in [6.45, 7) is 7.31. The zero-order valence-electron chi connectivity index (χ0n) is 16.8. The number of amides is 2. The highest BCUT2D eigenvalue weighted by Gasteiger charge is 2.48. The molecule has 1 atom stereocenters. The Morgan fingerprint density at radius 1 is 1.22 bits per heavy atom. The molecule has 2 aliphatic rings. The van der Waals surface area contributed by atoms with E-state index in [9.17, 15) is 14.7 Å². The minimum atomic E-state index is -0.730. The van der Waals surface area contributed by atoms with Crippen LogP contribution in [-0.2, 0) is 9.59 Å². The van der Waals surface area contributed by atoms with Gasteiger partial charge in [0.25, 0.3) is 0 Å². The highest BCUT2D eigenvalue weighted by atomic mass is 16.3. The van der Waals surface area contributed by atoms with Crippen molar-refractivity contribution in [2.24, 2.45) is 5.41 Å². The van der Waals surface area contributed by atoms with Crippen LogP contribution in [0.2, 0.25) is 0 Å². The molecule has 2 amide bonds. The van der Waals surface area contributed by atoms with Crippen LogP contribution in [0.15, 0.2) is 24.3 Å². The lowest BCUT2D eigenvalue weighted by Gasteiger charge is -2.47. The molecule has 0 radical (unpaired) electrons. The maximum absolute atomic E-state index is 13.1. The summed E-state index contributed by atoms with van der Waals surface area (Å²) in [4.78, 5) is 29.3. The first-order valence-electron chi connectivity index (χ1n) is 9.71. The Balaban J connectivity index is 1.65. The molecule has 2 aliphatic heterocycles. The summed E-state index contributed by atoms with van der Waals surface area (Å²) in [5.74, 6) is 0.145. The van der Waals surface area contributed by atoms with Gasteiger partial charge in [0.05, 0.1) is 11.5 Å². The van der Waals surface area contributed by atoms with Crippen LogP contribution in [0.25, 0.3) is 0 Å². The molecule has 1 unspecified atom stereocenters. The van der Waals surface area contributed by atoms with Crippen LogP contribution in [-0.4, -0.2) is 65.0 Å². The second-order valence-corrected chi connectivity index (χ2v) is 8.73. The van der Waals surface area contributed by atoms with Crippen molar-refractivity contribution in [3.05, 3.63) is 29.8 Å². The number of carbonyl (C=O) groups is 2. The SMILES string of the molecule is Cc1ccc(NC(C)(C)C(=O)N2CCC3(CC2)CC(O)CN(C)C3=O)cc1. The second kappa shape index (κ2) is 7.15. The van der Waals surface area contributed by atoms with Gasteiger partial charge in [-0.05, 0) is 52.2 Å². The van der Waals surface area contributed by atoms with Crippen molar-refractivity contribution in [2.45, 2.75) is 51.7 Å². The highest BCUT2D eigenvalue weighted by Crippen LogP contribution is 2.41. The molecule has 2 N–H and O–H groups in total. The number of benzene rings is 1. The monoisotopic (exact) mass is 373 g/mol. The Labute approximate surface area is 161 Å². The van der Waals surface area contributed by atoms with Gasteiger partial charge in [0.1, 0.15) is 5.54 Å². The van der Waals surface area contributed by atoms with E-state index in [1.165, 1.54) is 5.56 Å². The average molecular weight is 373 g/mol. The van der Waals surface area contributed by atoms with Gasteiger partial charge in [-0.3, -0.25) is 9.59 Å². The number of hydrogen-bond acceptors (Lipinski definition) is 4. The highest BCUT2D eigenvalue weighted by molar-refractivity contribution is 5.89. The molecule has 0 saturated carbocycles. The molecule has 6 heteroatoms. The molecule has 0 aromatic heterocycles. The summed E-state index contributed by atoms with van der Waals surface area (Å²) < 4.78 is 0. The van der Waals surface area contributed by atoms with E-state index in [4.69, 9.17) is 0 Å². The lowest BCUT2D eigenvalue weighted by molar-refractivity contribution is -0.157. The number of nitrogens with zero attached hydrogens (tertiary/aromatic N) is 2. The number of anilines is 1. The number of aliphatic hydroxyl groups is 1. The molecular formula is C21H31N3O3. The van der Waals surface area contributed by atoms with Gasteiger partial charge < -0.3 is 20.2 Å². The van der Waals surface area contributed by atoms with Crippen molar-refractivity contribution >= 4 is 17.5 Å². The normalized spacial score (nSPS) is 22.9. The van der Waals surface area contributed by atoms with Gasteiger partial charge >= 0.3 is 0 Å². The number of carbonyl (C=O) groups excluding carboxylic acids is 2. The van der Waals surface area contributed by atoms with E-state index < -0.39 is 17.1 Å². The Morgan fingerprint density at radius 3 is 2.41 bits per heavy atom. The second-order valence-electron chi connectivity index (χ2n) is 8.73. The number of nitrogens with one attached hydrogen (secondary N) is 1. The van der Waals surface area contributed by atoms with E-state index in [1.807, 2.05) is 49.9 Å². The van der Waals surface area contributed by atoms with Crippen LogP contribution in [0.3, 0.4) is 0 Å². The van der Waals surface area contributed by atoms with Gasteiger partial charge in [-0.15, -0.1) is 0 Å². The minimum Gasteiger partial charge on any atom is -0.391 e. The first kappa shape index (κ1) is 19.7. The van der Waals surface area contributed by atoms with Crippen LogP contribution in [0, 0.1) is 12.3 Å². The Kier molecular flexibility index (Phi) is 5.21. The molecule has 2 saturated heterocycles. The van der Waals surface area contributed by atoms with E-state index in [1.54, 1.807) is 11.9 Å². The van der Waals surface area contributed by atoms with Crippen LogP contribution < -0.4 is 5.32 Å². The lowest BCUT2D eigenvalue weighted by atomic mass is 9.71. The van der Waals surface area contributed by atoms with Gasteiger partial charge in [0.15, 0.2) is 0 Å². The molecule has 1 aromatic carbocycles. The molecule has 0 aliphatic carbocycles. The van der Waals surface area contributed by atoms with Gasteiger partial charge in [-0.1, -0.05) is 17.7 Å². The molecule has 1 aromatic rings. The predicted molar refractivity (Wildman–Crippen MR) is 105 cm³/mol. The first-order valence-corrected chi connectivity index (χ1v) is 9.71. The van der Waals surface area contributed by atoms with Crippen molar-refractivity contribution < 1.29 is 14.7 Å². The molecule has 1 spiro atoms. The van der Waals surface area contributed by atoms with Gasteiger partial charge in [-0.2, -0.15) is 0 Å². The molecular weight excluding hydrogens is 342 g/mol. The number of hydrogen-bond donors (Lipinski definition) is 2. The summed E-state index contributed by atoms with van der Waals surface area (Å²) in [6, 6.07) is 8.00. The quantitative estimate of drug-likeness (QED) is 0.850. The fourth-order valence-electron chi connectivity index (χ4n) is 4.41. The Hall–Kier alpha value is -2.08. The fourth-order valence-corrected chi connectivity index (χ4v) is 4.41. The van der Waals surface area contributed by atoms with Crippen molar-refractivity contribution in [2.75, 3.05) is 32.0 Å². The van der Waals surface area contributed by atoms with E-state index in [0.717, 1.165) is 5.69 Å². The maximum Gasteiger partial charge on any atom is 0.247 e. The molecule has 2 heterocycles. The smallest absolute Gasteiger partial charge is 0.247 e. The van der Waals surface area contributed by atoms with E-state index in [0.29, 0.717) is 38.9 Å². The fraction of sp³-hybridized carbons (Fsp3) is 0.619. The predicted octanol–water partition coefficient (Wildman–Crippen LogP) is 2.02. The zero-order chi connectivity index (χ0) is 19.8. The third kappa shape index (κ3) is 3.95. The number of piperidine rings is 2. The van der Waals surface area contributed by atoms with E-state index in [-0.39, 0.29) is 11.8 Å². The van der Waals surface area contributed by atoms with Crippen molar-refractivity contribution in [1.82, 2.24) is 9.80 Å². The zero-order valence-corrected chi connectivity index (χ0v) is 16.8. The minimum absolute atomic E-state index is 0.0371. The molecule has 2 fully saturated rings. The van der Waals surface area contributed by atoms with Gasteiger partial charge in [0.2, 0.25) is 11.8 Å². The number of aryl methyl sites for hydroxylation is 1. The Bertz CT molecular complexity index is 706. The van der Waals surface area contributed by atoms with Gasteiger partial charge in [0, 0.05) is 32.4 Å². The summed E-state index contributed by atoms with van der Waals surface area (Å²) >= 11 is 0. The summed E-state index contributed by atoms with van der Waals surface area (Å²) in [6.07, 6.45) is 1.25. The van der Waals surface area contributed by atoms with Crippen molar-refractivity contribution in [3.63, 3.8) is 0 Å². The standard InChI is InChI=1S/C21H31N3O3/c1-15-5-7-16(8-6-15)22-20(2,3)18(26)24-11-9-21(10-12-24)13-17(25)14-23(4)19(21)27/h5-8,17,22,25H,9-14H2,1-4H3. The third-order valence-electron chi connectivity index (χ3n) is 5.96. The molecule has 0 bridgehead atoms. The summed E-state index contributed by atoms with van der Waals surface area (Å²) in [5, 5.41) is 13.4. The Morgan fingerprint density at radius 2 is 1.81 bits per heavy atom.